The quantitative estimate of drug-likeness (QED) is 0.220. The van der Waals surface area contributed by atoms with E-state index in [1.54, 1.807) is 0 Å². The van der Waals surface area contributed by atoms with Crippen molar-refractivity contribution >= 4 is 39.2 Å². The molecule has 3 saturated carbocycles. The molecule has 12 heteroatoms. The van der Waals surface area contributed by atoms with Crippen LogP contribution in [-0.2, 0) is 29.0 Å². The van der Waals surface area contributed by atoms with Gasteiger partial charge in [-0.05, 0) is 75.4 Å². The molecule has 0 aromatic heterocycles. The van der Waals surface area contributed by atoms with E-state index in [4.69, 9.17) is 15.1 Å². The molecule has 1 aliphatic heterocycles. The van der Waals surface area contributed by atoms with Crippen molar-refractivity contribution in [3.8, 4) is 0 Å². The fraction of sp³-hybridized carbons (Fsp3) is 0.865. The van der Waals surface area contributed by atoms with Crippen molar-refractivity contribution < 1.29 is 47.5 Å². The van der Waals surface area contributed by atoms with Gasteiger partial charge in [0.15, 0.2) is 15.6 Å². The first kappa shape index (κ1) is 26.3. The molecule has 4 fully saturated rings. The van der Waals surface area contributed by atoms with Gasteiger partial charge in [-0.15, -0.1) is 0 Å². The van der Waals surface area contributed by atoms with E-state index in [2.05, 4.69) is 10.6 Å². The number of hydrogen-bond acceptors (Lipinski definition) is 7. The Labute approximate surface area is 309 Å². The molecular weight excluding hydrogens is 644 g/mol. The molecule has 0 bridgehead atoms. The van der Waals surface area contributed by atoms with Crippen LogP contribution >= 0.6 is 0 Å². The summed E-state index contributed by atoms with van der Waals surface area (Å²) in [4.78, 5) is 71.0. The third kappa shape index (κ3) is 8.87. The number of rotatable bonds is 14. The maximum Gasteiger partial charge on any atom is 0.315 e. The topological polar surface area (TPSA) is 159 Å². The molecule has 0 aromatic rings. The van der Waals surface area contributed by atoms with Gasteiger partial charge in [0.05, 0.1) is 22.1 Å². The highest BCUT2D eigenvalue weighted by molar-refractivity contribution is 7.92. The normalized spacial score (nSPS) is 34.9. The Morgan fingerprint density at radius 3 is 2.14 bits per heavy atom. The number of likely N-dealkylation sites (tertiary alicyclic amines) is 1. The molecule has 3 N–H and O–H groups in total. The van der Waals surface area contributed by atoms with Gasteiger partial charge in [-0.3, -0.25) is 19.2 Å². The average molecular weight is 718 g/mol. The lowest BCUT2D eigenvalue weighted by Gasteiger charge is -2.41. The molecule has 4 aliphatic rings. The molecule has 0 spiro atoms. The van der Waals surface area contributed by atoms with Gasteiger partial charge in [0.1, 0.15) is 6.04 Å². The lowest BCUT2D eigenvalue weighted by atomic mass is 9.83. The van der Waals surface area contributed by atoms with Gasteiger partial charge >= 0.3 is 6.03 Å². The van der Waals surface area contributed by atoms with E-state index in [9.17, 15) is 32.4 Å². The van der Waals surface area contributed by atoms with E-state index >= 15 is 0 Å². The van der Waals surface area contributed by atoms with E-state index in [0.717, 1.165) is 0 Å². The van der Waals surface area contributed by atoms with Gasteiger partial charge in [0.25, 0.3) is 5.91 Å². The van der Waals surface area contributed by atoms with Crippen molar-refractivity contribution in [2.45, 2.75) is 161 Å². The van der Waals surface area contributed by atoms with Crippen LogP contribution in [0.15, 0.2) is 0 Å². The number of unbranched alkanes of at least 4 members (excludes halogenated alkanes) is 1. The summed E-state index contributed by atoms with van der Waals surface area (Å²) in [6.07, 6.45) is -18.3. The molecule has 0 unspecified atom stereocenters. The van der Waals surface area contributed by atoms with E-state index in [1.807, 2.05) is 26.1 Å². The molecule has 11 nitrogen and oxygen atoms in total. The van der Waals surface area contributed by atoms with Gasteiger partial charge in [-0.25, -0.2) is 13.2 Å². The third-order valence-corrected chi connectivity index (χ3v) is 12.9. The molecule has 4 amide bonds. The molecule has 3 aliphatic carbocycles. The second-order valence-corrected chi connectivity index (χ2v) is 19.4. The number of fused-ring (bicyclic) bond motifs is 1. The SMILES string of the molecule is [2H]C1([2H])C([2H])([2H])C([2H])([2H])C(CS(=O)(=O)C(C)(C)C)(NC(=O)N[C@H](C(=O)N2C[C@H]3[C@@H]([C@H]2C(=O)C[C@@]([2H])(CCCC)C(=O)C(=O)NC2CC2)C3(C)C)C(C)(C)C)C([2H])([2H])C1([2H])[2H]. The third-order valence-electron chi connectivity index (χ3n) is 10.2. The molecule has 0 radical (unpaired) electrons. The summed E-state index contributed by atoms with van der Waals surface area (Å²) in [5.41, 5.74) is -5.38. The van der Waals surface area contributed by atoms with E-state index < -0.39 is 128 Å². The van der Waals surface area contributed by atoms with E-state index in [0.29, 0.717) is 25.7 Å². The zero-order valence-corrected chi connectivity index (χ0v) is 31.1. The number of amides is 4. The second kappa shape index (κ2) is 14.3. The van der Waals surface area contributed by atoms with Gasteiger partial charge in [0, 0.05) is 40.0 Å². The van der Waals surface area contributed by atoms with Crippen LogP contribution in [0.3, 0.4) is 0 Å². The zero-order valence-electron chi connectivity index (χ0n) is 41.3. The largest absolute Gasteiger partial charge is 0.347 e. The Bertz CT molecular complexity index is 1860. The molecule has 1 saturated heterocycles. The van der Waals surface area contributed by atoms with Gasteiger partial charge < -0.3 is 20.9 Å². The molecular formula is C37H62N4O7S. The van der Waals surface area contributed by atoms with Crippen molar-refractivity contribution in [3.05, 3.63) is 0 Å². The summed E-state index contributed by atoms with van der Waals surface area (Å²) in [5, 5.41) is 6.88. The molecule has 0 aromatic carbocycles. The molecule has 278 valence electrons. The van der Waals surface area contributed by atoms with Crippen LogP contribution in [0.4, 0.5) is 4.79 Å². The minimum atomic E-state index is -4.79. The van der Waals surface area contributed by atoms with Crippen LogP contribution < -0.4 is 16.0 Å². The molecule has 49 heavy (non-hydrogen) atoms. The van der Waals surface area contributed by atoms with Gasteiger partial charge in [-0.1, -0.05) is 73.5 Å². The smallest absolute Gasteiger partial charge is 0.315 e. The minimum absolute atomic E-state index is 0.00716. The highest BCUT2D eigenvalue weighted by Crippen LogP contribution is 2.65. The average Bonchev–Trinajstić information content (AvgIpc) is 3.93. The summed E-state index contributed by atoms with van der Waals surface area (Å²) < 4.78 is 121. The number of hydrogen-bond donors (Lipinski definition) is 3. The van der Waals surface area contributed by atoms with Crippen molar-refractivity contribution in [1.82, 2.24) is 20.9 Å². The number of carbonyl (C=O) groups excluding carboxylic acids is 5. The molecule has 5 atom stereocenters. The fourth-order valence-corrected chi connectivity index (χ4v) is 7.91. The van der Waals surface area contributed by atoms with E-state index in [-0.39, 0.29) is 24.9 Å². The van der Waals surface area contributed by atoms with Crippen LogP contribution in [-0.4, -0.2) is 83.4 Å². The maximum absolute atomic E-state index is 14.7. The Morgan fingerprint density at radius 1 is 1.00 bits per heavy atom. The maximum atomic E-state index is 14.7. The molecule has 4 rings (SSSR count). The summed E-state index contributed by atoms with van der Waals surface area (Å²) >= 11 is 0. The summed E-state index contributed by atoms with van der Waals surface area (Å²) in [7, 11) is -4.79. The van der Waals surface area contributed by atoms with Crippen molar-refractivity contribution in [2.24, 2.45) is 28.6 Å². The first-order chi connectivity index (χ1) is 26.7. The number of piperidine rings is 1. The number of urea groups is 1. The highest BCUT2D eigenvalue weighted by atomic mass is 32.2. The lowest BCUT2D eigenvalue weighted by Crippen LogP contribution is -2.63. The van der Waals surface area contributed by atoms with Crippen molar-refractivity contribution in [3.63, 3.8) is 0 Å². The minimum Gasteiger partial charge on any atom is -0.347 e. The van der Waals surface area contributed by atoms with E-state index in [1.165, 1.54) is 46.4 Å². The number of nitrogens with zero attached hydrogens (tertiary/aromatic N) is 1. The summed E-state index contributed by atoms with van der Waals surface area (Å²) in [5.74, 6) is -8.03. The Morgan fingerprint density at radius 2 is 1.61 bits per heavy atom. The fourth-order valence-electron chi connectivity index (χ4n) is 6.70. The van der Waals surface area contributed by atoms with Crippen LogP contribution in [0, 0.1) is 28.6 Å². The van der Waals surface area contributed by atoms with Gasteiger partial charge in [-0.2, -0.15) is 0 Å². The Kier molecular flexibility index (Phi) is 7.65. The number of nitrogens with one attached hydrogen (secondary N) is 3. The van der Waals surface area contributed by atoms with Crippen LogP contribution in [0.1, 0.15) is 148 Å². The standard InChI is InChI=1S/C37H62N4O7S/c1-10-11-15-23(29(43)31(44)38-24-16-17-24)20-26(42)28-27-25(36(27,8)9)21-41(28)32(45)30(34(2,3)4)39-33(46)40-37(18-13-12-14-19-37)22-49(47,48)35(5,6)7/h23-25,27-28,30H,10-22H2,1-9H3,(H,38,44)(H2,39,40,46)/t23-,25+,27+,28-,30-/m1/s1/i12D2,13D2,14D2,18D2,19D2,23D. The Balaban J connectivity index is 1.76. The highest BCUT2D eigenvalue weighted by Gasteiger charge is 2.69. The van der Waals surface area contributed by atoms with Gasteiger partial charge in [0.2, 0.25) is 11.7 Å². The first-order valence-electron chi connectivity index (χ1n) is 22.7. The van der Waals surface area contributed by atoms with Crippen molar-refractivity contribution in [1.29, 1.82) is 0 Å². The second-order valence-electron chi connectivity index (χ2n) is 16.6. The Hall–Kier alpha value is -2.50. The van der Waals surface area contributed by atoms with Crippen LogP contribution in [0.2, 0.25) is 0 Å². The number of Topliss-reactive ketones (excluding diaryl/α,β-unsaturated/α-hetero) is 2. The number of ketones is 2. The number of carbonyl (C=O) groups is 5. The van der Waals surface area contributed by atoms with Crippen LogP contribution in [0.25, 0.3) is 0 Å². The summed E-state index contributed by atoms with van der Waals surface area (Å²) in [6.45, 7) is 13.7. The van der Waals surface area contributed by atoms with Crippen LogP contribution in [0.5, 0.6) is 0 Å². The lowest BCUT2D eigenvalue weighted by molar-refractivity contribution is -0.145. The zero-order chi connectivity index (χ0) is 46.6. The summed E-state index contributed by atoms with van der Waals surface area (Å²) in [6, 6.07) is -4.64. The first-order valence-corrected chi connectivity index (χ1v) is 18.8. The van der Waals surface area contributed by atoms with Crippen molar-refractivity contribution in [2.75, 3.05) is 12.3 Å². The molecule has 1 heterocycles. The monoisotopic (exact) mass is 718 g/mol. The number of sulfone groups is 1. The predicted molar refractivity (Wildman–Crippen MR) is 189 cm³/mol. The predicted octanol–water partition coefficient (Wildman–Crippen LogP) is 4.71.